The molecule has 24 heavy (non-hydrogen) atoms. The first-order chi connectivity index (χ1) is 11.5. The zero-order chi connectivity index (χ0) is 17.3. The van der Waals surface area contributed by atoms with E-state index in [1.807, 2.05) is 25.1 Å². The molecule has 0 atom stereocenters. The Hall–Kier alpha value is -2.82. The maximum absolute atomic E-state index is 12.4. The van der Waals surface area contributed by atoms with E-state index < -0.39 is 0 Å². The molecule has 0 saturated carbocycles. The molecule has 124 valence electrons. The SMILES string of the molecule is Cc1cccc(C(C)C)c1NC(=O)Cn1ccc2occc2c1=O. The van der Waals surface area contributed by atoms with Gasteiger partial charge >= 0.3 is 0 Å². The molecule has 3 rings (SSSR count). The number of fused-ring (bicyclic) bond motifs is 1. The van der Waals surface area contributed by atoms with Crippen molar-refractivity contribution < 1.29 is 9.21 Å². The Kier molecular flexibility index (Phi) is 4.25. The van der Waals surface area contributed by atoms with E-state index >= 15 is 0 Å². The largest absolute Gasteiger partial charge is 0.464 e. The molecule has 2 heterocycles. The van der Waals surface area contributed by atoms with Gasteiger partial charge in [-0.1, -0.05) is 32.0 Å². The lowest BCUT2D eigenvalue weighted by Crippen LogP contribution is -2.27. The summed E-state index contributed by atoms with van der Waals surface area (Å²) in [5.41, 5.74) is 3.21. The molecule has 0 aliphatic carbocycles. The lowest BCUT2D eigenvalue weighted by Gasteiger charge is -2.16. The lowest BCUT2D eigenvalue weighted by molar-refractivity contribution is -0.116. The van der Waals surface area contributed by atoms with Gasteiger partial charge in [0.05, 0.1) is 11.6 Å². The summed E-state index contributed by atoms with van der Waals surface area (Å²) < 4.78 is 6.59. The highest BCUT2D eigenvalue weighted by molar-refractivity contribution is 5.92. The molecule has 1 N–H and O–H groups in total. The average molecular weight is 324 g/mol. The highest BCUT2D eigenvalue weighted by atomic mass is 16.3. The van der Waals surface area contributed by atoms with Crippen LogP contribution in [0, 0.1) is 6.92 Å². The van der Waals surface area contributed by atoms with Crippen LogP contribution < -0.4 is 10.9 Å². The summed E-state index contributed by atoms with van der Waals surface area (Å²) in [5, 5.41) is 3.43. The van der Waals surface area contributed by atoms with Crippen molar-refractivity contribution in [1.29, 1.82) is 0 Å². The third kappa shape index (κ3) is 2.97. The van der Waals surface area contributed by atoms with Gasteiger partial charge in [0.25, 0.3) is 5.56 Å². The molecule has 1 aromatic carbocycles. The molecule has 5 nitrogen and oxygen atoms in total. The second-order valence-corrected chi connectivity index (χ2v) is 6.19. The topological polar surface area (TPSA) is 64.2 Å². The van der Waals surface area contributed by atoms with Crippen LogP contribution in [0.2, 0.25) is 0 Å². The molecule has 0 fully saturated rings. The molecule has 0 bridgehead atoms. The normalized spacial score (nSPS) is 11.2. The number of carbonyl (C=O) groups excluding carboxylic acids is 1. The molecule has 3 aromatic rings. The summed E-state index contributed by atoms with van der Waals surface area (Å²) in [6.07, 6.45) is 3.05. The van der Waals surface area contributed by atoms with Crippen LogP contribution in [0.15, 0.2) is 52.0 Å². The number of furan rings is 1. The highest BCUT2D eigenvalue weighted by Crippen LogP contribution is 2.27. The predicted molar refractivity (Wildman–Crippen MR) is 94.4 cm³/mol. The summed E-state index contributed by atoms with van der Waals surface area (Å²) in [4.78, 5) is 24.8. The Balaban J connectivity index is 1.86. The minimum absolute atomic E-state index is 0.0359. The molecular formula is C19H20N2O3. The fraction of sp³-hybridized carbons (Fsp3) is 0.263. The Morgan fingerprint density at radius 2 is 2.04 bits per heavy atom. The molecule has 0 aliphatic rings. The van der Waals surface area contributed by atoms with Gasteiger partial charge in [-0.25, -0.2) is 0 Å². The molecule has 0 saturated heterocycles. The number of carbonyl (C=O) groups is 1. The smallest absolute Gasteiger partial charge is 0.262 e. The quantitative estimate of drug-likeness (QED) is 0.796. The maximum Gasteiger partial charge on any atom is 0.262 e. The lowest BCUT2D eigenvalue weighted by atomic mass is 9.98. The van der Waals surface area contributed by atoms with Gasteiger partial charge in [0.2, 0.25) is 5.91 Å². The second kappa shape index (κ2) is 6.35. The van der Waals surface area contributed by atoms with E-state index in [2.05, 4.69) is 19.2 Å². The van der Waals surface area contributed by atoms with Gasteiger partial charge in [-0.3, -0.25) is 9.59 Å². The fourth-order valence-electron chi connectivity index (χ4n) is 2.81. The first-order valence-corrected chi connectivity index (χ1v) is 7.93. The van der Waals surface area contributed by atoms with Crippen LogP contribution in [0.25, 0.3) is 11.0 Å². The summed E-state index contributed by atoms with van der Waals surface area (Å²) in [6.45, 7) is 6.10. The van der Waals surface area contributed by atoms with Crippen molar-refractivity contribution in [2.24, 2.45) is 0 Å². The van der Waals surface area contributed by atoms with Gasteiger partial charge in [-0.2, -0.15) is 0 Å². The van der Waals surface area contributed by atoms with Crippen LogP contribution in [0.4, 0.5) is 5.69 Å². The van der Waals surface area contributed by atoms with E-state index in [9.17, 15) is 9.59 Å². The second-order valence-electron chi connectivity index (χ2n) is 6.19. The molecule has 5 heteroatoms. The van der Waals surface area contributed by atoms with Gasteiger partial charge in [0.15, 0.2) is 0 Å². The fourth-order valence-corrected chi connectivity index (χ4v) is 2.81. The van der Waals surface area contributed by atoms with Crippen molar-refractivity contribution in [3.63, 3.8) is 0 Å². The van der Waals surface area contributed by atoms with Crippen molar-refractivity contribution in [2.75, 3.05) is 5.32 Å². The summed E-state index contributed by atoms with van der Waals surface area (Å²) >= 11 is 0. The monoisotopic (exact) mass is 324 g/mol. The zero-order valence-electron chi connectivity index (χ0n) is 14.0. The number of para-hydroxylation sites is 1. The van der Waals surface area contributed by atoms with Gasteiger partial charge in [0.1, 0.15) is 12.1 Å². The molecular weight excluding hydrogens is 304 g/mol. The summed E-state index contributed by atoms with van der Waals surface area (Å²) in [6, 6.07) is 9.27. The van der Waals surface area contributed by atoms with Crippen LogP contribution >= 0.6 is 0 Å². The molecule has 0 unspecified atom stereocenters. The van der Waals surface area contributed by atoms with Crippen molar-refractivity contribution in [3.05, 3.63) is 64.3 Å². The van der Waals surface area contributed by atoms with Crippen LogP contribution in [0.3, 0.4) is 0 Å². The molecule has 0 spiro atoms. The Morgan fingerprint density at radius 3 is 2.79 bits per heavy atom. The number of rotatable bonds is 4. The Morgan fingerprint density at radius 1 is 1.25 bits per heavy atom. The Bertz CT molecular complexity index is 951. The van der Waals surface area contributed by atoms with Crippen molar-refractivity contribution in [1.82, 2.24) is 4.57 Å². The molecule has 2 aromatic heterocycles. The number of aryl methyl sites for hydroxylation is 1. The van der Waals surface area contributed by atoms with E-state index in [4.69, 9.17) is 4.42 Å². The predicted octanol–water partition coefficient (Wildman–Crippen LogP) is 3.67. The van der Waals surface area contributed by atoms with Crippen LogP contribution in [0.5, 0.6) is 0 Å². The van der Waals surface area contributed by atoms with E-state index in [-0.39, 0.29) is 18.0 Å². The minimum atomic E-state index is -0.231. The number of hydrogen-bond acceptors (Lipinski definition) is 3. The number of amides is 1. The number of pyridine rings is 1. The number of hydrogen-bond donors (Lipinski definition) is 1. The number of aromatic nitrogens is 1. The van der Waals surface area contributed by atoms with Gasteiger partial charge in [-0.15, -0.1) is 0 Å². The molecule has 0 aliphatic heterocycles. The van der Waals surface area contributed by atoms with Crippen LogP contribution in [-0.2, 0) is 11.3 Å². The van der Waals surface area contributed by atoms with Crippen LogP contribution in [0.1, 0.15) is 30.9 Å². The Labute approximate surface area is 139 Å². The summed E-state index contributed by atoms with van der Waals surface area (Å²) in [7, 11) is 0. The van der Waals surface area contributed by atoms with Gasteiger partial charge < -0.3 is 14.3 Å². The van der Waals surface area contributed by atoms with Crippen molar-refractivity contribution in [2.45, 2.75) is 33.2 Å². The average Bonchev–Trinajstić information content (AvgIpc) is 3.01. The van der Waals surface area contributed by atoms with Crippen LogP contribution in [-0.4, -0.2) is 10.5 Å². The zero-order valence-corrected chi connectivity index (χ0v) is 14.0. The van der Waals surface area contributed by atoms with Crippen molar-refractivity contribution in [3.8, 4) is 0 Å². The number of anilines is 1. The van der Waals surface area contributed by atoms with E-state index in [0.29, 0.717) is 16.9 Å². The number of nitrogens with zero attached hydrogens (tertiary/aromatic N) is 1. The van der Waals surface area contributed by atoms with E-state index in [1.165, 1.54) is 10.8 Å². The van der Waals surface area contributed by atoms with Crippen molar-refractivity contribution >= 4 is 22.6 Å². The third-order valence-corrected chi connectivity index (χ3v) is 4.10. The first kappa shape index (κ1) is 16.1. The molecule has 0 radical (unpaired) electrons. The first-order valence-electron chi connectivity index (χ1n) is 7.93. The van der Waals surface area contributed by atoms with Gasteiger partial charge in [-0.05, 0) is 36.1 Å². The van der Waals surface area contributed by atoms with E-state index in [0.717, 1.165) is 16.8 Å². The highest BCUT2D eigenvalue weighted by Gasteiger charge is 2.13. The number of nitrogens with one attached hydrogen (secondary N) is 1. The minimum Gasteiger partial charge on any atom is -0.464 e. The summed E-state index contributed by atoms with van der Waals surface area (Å²) in [5.74, 6) is 0.0707. The van der Waals surface area contributed by atoms with Gasteiger partial charge in [0, 0.05) is 11.9 Å². The molecule has 1 amide bonds. The number of benzene rings is 1. The maximum atomic E-state index is 12.4. The standard InChI is InChI=1S/C19H20N2O3/c1-12(2)14-6-4-5-13(3)18(14)20-17(22)11-21-9-7-16-15(19(21)23)8-10-24-16/h4-10,12H,11H2,1-3H3,(H,20,22). The third-order valence-electron chi connectivity index (χ3n) is 4.10. The van der Waals surface area contributed by atoms with E-state index in [1.54, 1.807) is 18.3 Å².